The van der Waals surface area contributed by atoms with Crippen LogP contribution in [-0.4, -0.2) is 43.2 Å². The fourth-order valence-corrected chi connectivity index (χ4v) is 8.92. The molecular formula is C27H45N3O3. The van der Waals surface area contributed by atoms with Crippen LogP contribution in [0.1, 0.15) is 85.5 Å². The first kappa shape index (κ1) is 24.7. The van der Waals surface area contributed by atoms with E-state index < -0.39 is 5.54 Å². The number of carbonyl (C=O) groups is 2. The summed E-state index contributed by atoms with van der Waals surface area (Å²) in [4.78, 5) is 23.8. The summed E-state index contributed by atoms with van der Waals surface area (Å²) in [6.07, 6.45) is 12.6. The van der Waals surface area contributed by atoms with Crippen LogP contribution in [0, 0.1) is 28.6 Å². The fraction of sp³-hybridized carbons (Fsp3) is 0.852. The molecule has 186 valence electrons. The van der Waals surface area contributed by atoms with Crippen LogP contribution in [0.4, 0.5) is 0 Å². The third-order valence-corrected chi connectivity index (χ3v) is 10.6. The number of nitrogens with one attached hydrogen (secondary N) is 2. The summed E-state index contributed by atoms with van der Waals surface area (Å²) in [6.45, 7) is 7.84. The van der Waals surface area contributed by atoms with Gasteiger partial charge in [0.2, 0.25) is 5.91 Å². The molecule has 8 unspecified atom stereocenters. The Kier molecular flexibility index (Phi) is 6.74. The van der Waals surface area contributed by atoms with Crippen LogP contribution in [0.25, 0.3) is 0 Å². The standard InChI is InChI=1S/C27H45N3O3/c1-6-25-12-9-21(29-5)15-20(25)7-8-22-23(25)10-13-26(16-33-19(4)32)24(22)11-14-27(26,28)17(2)30-18(3)31/h7,17,21-24,29H,6,8-16,28H2,1-5H3,(H,30,31). The SMILES string of the molecule is CCC12CCC(NC)CC1=CCC1C2CCC2(COC(C)=O)C1CCC2(N)C(C)NC(C)=O. The molecule has 0 radical (unpaired) electrons. The van der Waals surface area contributed by atoms with Crippen molar-refractivity contribution in [2.75, 3.05) is 13.7 Å². The van der Waals surface area contributed by atoms with Gasteiger partial charge in [-0.05, 0) is 94.9 Å². The highest BCUT2D eigenvalue weighted by molar-refractivity contribution is 5.73. The average molecular weight is 460 g/mol. The number of hydrogen-bond donors (Lipinski definition) is 3. The Morgan fingerprint density at radius 3 is 2.55 bits per heavy atom. The number of nitrogens with two attached hydrogens (primary N) is 1. The molecule has 0 aromatic heterocycles. The van der Waals surface area contributed by atoms with Crippen LogP contribution in [0.3, 0.4) is 0 Å². The highest BCUT2D eigenvalue weighted by atomic mass is 16.5. The van der Waals surface area contributed by atoms with E-state index in [4.69, 9.17) is 10.5 Å². The van der Waals surface area contributed by atoms with Crippen LogP contribution in [0.15, 0.2) is 11.6 Å². The zero-order chi connectivity index (χ0) is 24.0. The van der Waals surface area contributed by atoms with Gasteiger partial charge in [-0.3, -0.25) is 9.59 Å². The summed E-state index contributed by atoms with van der Waals surface area (Å²) in [5, 5.41) is 6.61. The van der Waals surface area contributed by atoms with Gasteiger partial charge in [0.05, 0.1) is 6.61 Å². The van der Waals surface area contributed by atoms with Gasteiger partial charge in [0.25, 0.3) is 0 Å². The number of rotatable bonds is 6. The molecule has 6 heteroatoms. The lowest BCUT2D eigenvalue weighted by Gasteiger charge is -2.61. The monoisotopic (exact) mass is 459 g/mol. The van der Waals surface area contributed by atoms with Crippen LogP contribution in [0.2, 0.25) is 0 Å². The Balaban J connectivity index is 1.70. The molecular weight excluding hydrogens is 414 g/mol. The molecule has 0 aromatic rings. The Hall–Kier alpha value is -1.40. The molecule has 4 rings (SSSR count). The number of ether oxygens (including phenoxy) is 1. The molecule has 0 bridgehead atoms. The molecule has 0 aromatic carbocycles. The van der Waals surface area contributed by atoms with E-state index in [0.29, 0.717) is 35.8 Å². The number of hydrogen-bond acceptors (Lipinski definition) is 5. The molecule has 4 aliphatic carbocycles. The fourth-order valence-electron chi connectivity index (χ4n) is 8.92. The van der Waals surface area contributed by atoms with E-state index in [9.17, 15) is 9.59 Å². The maximum absolute atomic E-state index is 11.9. The van der Waals surface area contributed by atoms with E-state index in [1.54, 1.807) is 12.5 Å². The highest BCUT2D eigenvalue weighted by Gasteiger charge is 2.67. The lowest BCUT2D eigenvalue weighted by Crippen LogP contribution is -2.68. The van der Waals surface area contributed by atoms with Crippen molar-refractivity contribution in [1.82, 2.24) is 10.6 Å². The predicted molar refractivity (Wildman–Crippen MR) is 130 cm³/mol. The molecule has 0 spiro atoms. The molecule has 0 heterocycles. The maximum atomic E-state index is 11.9. The summed E-state index contributed by atoms with van der Waals surface area (Å²) in [7, 11) is 2.09. The summed E-state index contributed by atoms with van der Waals surface area (Å²) in [6, 6.07) is 0.439. The largest absolute Gasteiger partial charge is 0.465 e. The topological polar surface area (TPSA) is 93.4 Å². The lowest BCUT2D eigenvalue weighted by atomic mass is 9.45. The van der Waals surface area contributed by atoms with E-state index >= 15 is 0 Å². The van der Waals surface area contributed by atoms with Gasteiger partial charge in [-0.25, -0.2) is 0 Å². The average Bonchev–Trinajstić information content (AvgIpc) is 3.10. The Labute approximate surface area is 199 Å². The molecule has 3 saturated carbocycles. The second kappa shape index (κ2) is 8.99. The van der Waals surface area contributed by atoms with Gasteiger partial charge in [0, 0.05) is 36.9 Å². The molecule has 1 amide bonds. The van der Waals surface area contributed by atoms with Gasteiger partial charge < -0.3 is 21.1 Å². The predicted octanol–water partition coefficient (Wildman–Crippen LogP) is 3.69. The van der Waals surface area contributed by atoms with Gasteiger partial charge in [0.1, 0.15) is 0 Å². The Morgan fingerprint density at radius 1 is 1.18 bits per heavy atom. The van der Waals surface area contributed by atoms with Crippen LogP contribution < -0.4 is 16.4 Å². The minimum atomic E-state index is -0.573. The summed E-state index contributed by atoms with van der Waals surface area (Å²) < 4.78 is 5.75. The van der Waals surface area contributed by atoms with Gasteiger partial charge >= 0.3 is 5.97 Å². The van der Waals surface area contributed by atoms with E-state index in [0.717, 1.165) is 32.1 Å². The van der Waals surface area contributed by atoms with Crippen molar-refractivity contribution < 1.29 is 14.3 Å². The molecule has 3 fully saturated rings. The zero-order valence-corrected chi connectivity index (χ0v) is 21.3. The summed E-state index contributed by atoms with van der Waals surface area (Å²) in [5.41, 5.74) is 8.39. The lowest BCUT2D eigenvalue weighted by molar-refractivity contribution is -0.155. The van der Waals surface area contributed by atoms with Gasteiger partial charge in [-0.2, -0.15) is 0 Å². The van der Waals surface area contributed by atoms with Gasteiger partial charge in [-0.15, -0.1) is 0 Å². The molecule has 8 atom stereocenters. The Morgan fingerprint density at radius 2 is 1.91 bits per heavy atom. The smallest absolute Gasteiger partial charge is 0.302 e. The molecule has 4 N–H and O–H groups in total. The Bertz CT molecular complexity index is 812. The number of fused-ring (bicyclic) bond motifs is 5. The number of esters is 1. The van der Waals surface area contributed by atoms with Crippen molar-refractivity contribution in [2.24, 2.45) is 34.3 Å². The van der Waals surface area contributed by atoms with Gasteiger partial charge in [0.15, 0.2) is 0 Å². The number of carbonyl (C=O) groups excluding carboxylic acids is 2. The zero-order valence-electron chi connectivity index (χ0n) is 21.3. The maximum Gasteiger partial charge on any atom is 0.302 e. The van der Waals surface area contributed by atoms with Crippen molar-refractivity contribution in [3.05, 3.63) is 11.6 Å². The first-order valence-corrected chi connectivity index (χ1v) is 13.2. The highest BCUT2D eigenvalue weighted by Crippen LogP contribution is 2.68. The first-order valence-electron chi connectivity index (χ1n) is 13.2. The molecule has 0 aliphatic heterocycles. The van der Waals surface area contributed by atoms with E-state index in [-0.39, 0.29) is 23.3 Å². The molecule has 4 aliphatic rings. The van der Waals surface area contributed by atoms with Crippen LogP contribution in [-0.2, 0) is 14.3 Å². The molecule has 6 nitrogen and oxygen atoms in total. The third-order valence-electron chi connectivity index (χ3n) is 10.6. The van der Waals surface area contributed by atoms with Crippen molar-refractivity contribution in [2.45, 2.75) is 103 Å². The quantitative estimate of drug-likeness (QED) is 0.416. The van der Waals surface area contributed by atoms with Crippen molar-refractivity contribution in [3.63, 3.8) is 0 Å². The van der Waals surface area contributed by atoms with E-state index in [1.807, 2.05) is 6.92 Å². The third kappa shape index (κ3) is 3.76. The van der Waals surface area contributed by atoms with Crippen molar-refractivity contribution >= 4 is 11.9 Å². The van der Waals surface area contributed by atoms with Crippen LogP contribution in [0.5, 0.6) is 0 Å². The minimum absolute atomic E-state index is 0.0523. The minimum Gasteiger partial charge on any atom is -0.465 e. The molecule has 33 heavy (non-hydrogen) atoms. The van der Waals surface area contributed by atoms with Crippen molar-refractivity contribution in [3.8, 4) is 0 Å². The second-order valence-corrected chi connectivity index (χ2v) is 11.6. The van der Waals surface area contributed by atoms with E-state index in [2.05, 4.69) is 30.7 Å². The second-order valence-electron chi connectivity index (χ2n) is 11.6. The first-order chi connectivity index (χ1) is 15.6. The summed E-state index contributed by atoms with van der Waals surface area (Å²) in [5.74, 6) is 1.37. The summed E-state index contributed by atoms with van der Waals surface area (Å²) >= 11 is 0. The van der Waals surface area contributed by atoms with Crippen LogP contribution >= 0.6 is 0 Å². The number of allylic oxidation sites excluding steroid dienone is 1. The van der Waals surface area contributed by atoms with Gasteiger partial charge in [-0.1, -0.05) is 18.6 Å². The molecule has 0 saturated heterocycles. The normalized spacial score (nSPS) is 42.9. The van der Waals surface area contributed by atoms with E-state index in [1.165, 1.54) is 32.6 Å². The van der Waals surface area contributed by atoms with Crippen molar-refractivity contribution in [1.29, 1.82) is 0 Å². The number of amides is 1.